The number of aromatic nitrogens is 4. The van der Waals surface area contributed by atoms with Crippen LogP contribution in [-0.2, 0) is 20.9 Å². The third-order valence-corrected chi connectivity index (χ3v) is 8.36. The van der Waals surface area contributed by atoms with Gasteiger partial charge >= 0.3 is 12.3 Å². The molecule has 45 heavy (non-hydrogen) atoms. The van der Waals surface area contributed by atoms with Gasteiger partial charge in [-0.1, -0.05) is 0 Å². The molecule has 2 aliphatic carbocycles. The summed E-state index contributed by atoms with van der Waals surface area (Å²) in [6.07, 6.45) is 1.39. The zero-order chi connectivity index (χ0) is 32.8. The minimum Gasteiger partial charge on any atom is -0.443 e. The molecule has 0 spiro atoms. The lowest BCUT2D eigenvalue weighted by Crippen LogP contribution is -2.50. The molecule has 1 saturated heterocycles. The highest BCUT2D eigenvalue weighted by Crippen LogP contribution is 2.51. The molecule has 0 bridgehead atoms. The van der Waals surface area contributed by atoms with Crippen LogP contribution in [-0.4, -0.2) is 72.1 Å². The number of carbonyl (C=O) groups is 4. The molecule has 2 N–H and O–H groups in total. The predicted octanol–water partition coefficient (Wildman–Crippen LogP) is 4.55. The van der Waals surface area contributed by atoms with Crippen LogP contribution < -0.4 is 10.6 Å². The zero-order valence-corrected chi connectivity index (χ0v) is 26.0. The van der Waals surface area contributed by atoms with E-state index in [0.29, 0.717) is 17.5 Å². The minimum absolute atomic E-state index is 0.0336. The van der Waals surface area contributed by atoms with E-state index in [9.17, 15) is 32.3 Å². The van der Waals surface area contributed by atoms with Crippen molar-refractivity contribution >= 4 is 29.5 Å². The Morgan fingerprint density at radius 3 is 2.27 bits per heavy atom. The van der Waals surface area contributed by atoms with E-state index >= 15 is 0 Å². The first-order chi connectivity index (χ1) is 21.0. The molecule has 4 amide bonds. The Morgan fingerprint density at radius 1 is 1.07 bits per heavy atom. The summed E-state index contributed by atoms with van der Waals surface area (Å²) < 4.78 is 49.4. The number of nitrogens with zero attached hydrogens (tertiary/aromatic N) is 5. The van der Waals surface area contributed by atoms with E-state index in [0.717, 1.165) is 25.7 Å². The average Bonchev–Trinajstić information content (AvgIpc) is 3.81. The van der Waals surface area contributed by atoms with Crippen LogP contribution in [0, 0.1) is 23.7 Å². The summed E-state index contributed by atoms with van der Waals surface area (Å²) in [7, 11) is 0. The summed E-state index contributed by atoms with van der Waals surface area (Å²) in [5.74, 6) is -2.41. The topological polar surface area (TPSA) is 140 Å². The Morgan fingerprint density at radius 2 is 1.71 bits per heavy atom. The molecule has 0 unspecified atom stereocenters. The molecule has 0 aromatic carbocycles. The molecule has 246 valence electrons. The maximum atomic E-state index is 13.8. The van der Waals surface area contributed by atoms with Gasteiger partial charge in [0.2, 0.25) is 11.8 Å². The molecule has 1 aliphatic heterocycles. The fourth-order valence-electron chi connectivity index (χ4n) is 6.11. The molecule has 2 saturated carbocycles. The summed E-state index contributed by atoms with van der Waals surface area (Å²) >= 11 is 0. The molecule has 0 radical (unpaired) electrons. The number of imide groups is 1. The van der Waals surface area contributed by atoms with E-state index in [1.165, 1.54) is 44.0 Å². The highest BCUT2D eigenvalue weighted by atomic mass is 19.4. The zero-order valence-electron chi connectivity index (χ0n) is 26.0. The van der Waals surface area contributed by atoms with Crippen molar-refractivity contribution in [3.05, 3.63) is 30.4 Å². The summed E-state index contributed by atoms with van der Waals surface area (Å²) in [6, 6.07) is -1.59. The molecule has 5 rings (SSSR count). The number of halogens is 3. The van der Waals surface area contributed by atoms with E-state index in [-0.39, 0.29) is 29.1 Å². The second-order valence-electron chi connectivity index (χ2n) is 13.6. The normalized spacial score (nSPS) is 21.4. The van der Waals surface area contributed by atoms with Crippen LogP contribution in [0.2, 0.25) is 0 Å². The number of amides is 4. The lowest BCUT2D eigenvalue weighted by atomic mass is 9.88. The molecule has 3 fully saturated rings. The number of alkyl halides is 3. The van der Waals surface area contributed by atoms with Crippen molar-refractivity contribution in [1.29, 1.82) is 0 Å². The smallest absolute Gasteiger partial charge is 0.417 e. The number of carbonyl (C=O) groups excluding carboxylic acids is 4. The van der Waals surface area contributed by atoms with Gasteiger partial charge in [-0.25, -0.2) is 9.69 Å². The summed E-state index contributed by atoms with van der Waals surface area (Å²) in [5.41, 5.74) is -0.482. The predicted molar refractivity (Wildman–Crippen MR) is 155 cm³/mol. The van der Waals surface area contributed by atoms with E-state index < -0.39 is 60.0 Å². The summed E-state index contributed by atoms with van der Waals surface area (Å²) in [5, 5.41) is 14.1. The lowest BCUT2D eigenvalue weighted by Gasteiger charge is -2.28. The van der Waals surface area contributed by atoms with Crippen LogP contribution in [0.25, 0.3) is 0 Å². The molecule has 15 heteroatoms. The van der Waals surface area contributed by atoms with Gasteiger partial charge in [-0.2, -0.15) is 23.4 Å². The maximum Gasteiger partial charge on any atom is 0.417 e. The number of anilines is 1. The molecule has 2 aromatic rings. The number of rotatable bonds is 10. The van der Waals surface area contributed by atoms with Gasteiger partial charge in [0.25, 0.3) is 5.91 Å². The van der Waals surface area contributed by atoms with Crippen molar-refractivity contribution in [1.82, 2.24) is 29.8 Å². The van der Waals surface area contributed by atoms with Crippen LogP contribution in [0.3, 0.4) is 0 Å². The van der Waals surface area contributed by atoms with E-state index in [4.69, 9.17) is 4.74 Å². The van der Waals surface area contributed by atoms with Gasteiger partial charge in [-0.15, -0.1) is 0 Å². The van der Waals surface area contributed by atoms with Crippen LogP contribution >= 0.6 is 0 Å². The first-order valence-electron chi connectivity index (χ1n) is 15.3. The third kappa shape index (κ3) is 7.50. The Labute approximate surface area is 259 Å². The first kappa shape index (κ1) is 32.5. The molecular weight excluding hydrogens is 595 g/mol. The molecule has 12 nitrogen and oxygen atoms in total. The van der Waals surface area contributed by atoms with Gasteiger partial charge < -0.3 is 15.4 Å². The van der Waals surface area contributed by atoms with Gasteiger partial charge in [-0.05, 0) is 90.5 Å². The van der Waals surface area contributed by atoms with Gasteiger partial charge in [0.15, 0.2) is 0 Å². The second-order valence-corrected chi connectivity index (χ2v) is 13.6. The quantitative estimate of drug-likeness (QED) is 0.390. The molecule has 2 aromatic heterocycles. The summed E-state index contributed by atoms with van der Waals surface area (Å²) in [6.45, 7) is 8.06. The number of ether oxygens (including phenoxy) is 1. The van der Waals surface area contributed by atoms with Gasteiger partial charge in [0, 0.05) is 18.4 Å². The van der Waals surface area contributed by atoms with Crippen molar-refractivity contribution in [2.24, 2.45) is 23.7 Å². The van der Waals surface area contributed by atoms with Gasteiger partial charge in [0.05, 0.1) is 24.3 Å². The molecule has 3 atom stereocenters. The number of nitrogens with one attached hydrogen (secondary N) is 2. The van der Waals surface area contributed by atoms with Gasteiger partial charge in [-0.3, -0.25) is 23.7 Å². The number of likely N-dealkylation sites (tertiary alicyclic amines) is 1. The molecular formula is C30H40F3N7O5. The maximum absolute atomic E-state index is 13.8. The van der Waals surface area contributed by atoms with Crippen LogP contribution in [0.4, 0.5) is 23.7 Å². The Balaban J connectivity index is 1.29. The molecule has 3 aliphatic rings. The van der Waals surface area contributed by atoms with Crippen molar-refractivity contribution in [2.45, 2.75) is 103 Å². The Hall–Kier alpha value is -3.91. The third-order valence-electron chi connectivity index (χ3n) is 8.36. The second kappa shape index (κ2) is 12.1. The standard InChI is InChI=1S/C30H40F3N7O5/c1-16(2)40-21(10-11-34-40)25(41)37-24(23(17-6-7-17)18-8-9-18)26(42)36-20-13-35-38(15-20)14-19-12-22(30(31,32)33)39(27(19)43)28(44)45-29(3,4)5/h10-11,13,15-19,22-24H,6-9,12,14H2,1-5H3,(H,36,42)(H,37,41)/t19-,22-,24-/m0/s1. The monoisotopic (exact) mass is 635 g/mol. The van der Waals surface area contributed by atoms with E-state index in [1.54, 1.807) is 10.7 Å². The first-order valence-corrected chi connectivity index (χ1v) is 15.3. The Bertz CT molecular complexity index is 1430. The van der Waals surface area contributed by atoms with Crippen molar-refractivity contribution in [3.63, 3.8) is 0 Å². The fourth-order valence-corrected chi connectivity index (χ4v) is 6.11. The highest BCUT2D eigenvalue weighted by molar-refractivity contribution is 6.00. The highest BCUT2D eigenvalue weighted by Gasteiger charge is 2.56. The van der Waals surface area contributed by atoms with Crippen LogP contribution in [0.15, 0.2) is 24.7 Å². The summed E-state index contributed by atoms with van der Waals surface area (Å²) in [4.78, 5) is 52.8. The number of hydrogen-bond donors (Lipinski definition) is 2. The average molecular weight is 636 g/mol. The van der Waals surface area contributed by atoms with Crippen molar-refractivity contribution < 1.29 is 37.1 Å². The van der Waals surface area contributed by atoms with Crippen molar-refractivity contribution in [3.8, 4) is 0 Å². The van der Waals surface area contributed by atoms with Crippen LogP contribution in [0.5, 0.6) is 0 Å². The number of hydrogen-bond acceptors (Lipinski definition) is 7. The van der Waals surface area contributed by atoms with Gasteiger partial charge in [0.1, 0.15) is 23.4 Å². The van der Waals surface area contributed by atoms with Crippen LogP contribution in [0.1, 0.15) is 83.3 Å². The van der Waals surface area contributed by atoms with E-state index in [1.807, 2.05) is 13.8 Å². The van der Waals surface area contributed by atoms with E-state index in [2.05, 4.69) is 20.8 Å². The SMILES string of the molecule is CC(C)n1nccc1C(=O)N[C@H](C(=O)Nc1cnn(C[C@@H]2C[C@@H](C(F)(F)F)N(C(=O)OC(C)(C)C)C2=O)c1)C(C1CC1)C1CC1. The van der Waals surface area contributed by atoms with Crippen molar-refractivity contribution in [2.75, 3.05) is 5.32 Å². The largest absolute Gasteiger partial charge is 0.443 e. The molecule has 3 heterocycles. The fraction of sp³-hybridized carbons (Fsp3) is 0.667. The minimum atomic E-state index is -4.84. The lowest BCUT2D eigenvalue weighted by molar-refractivity contribution is -0.177. The Kier molecular flexibility index (Phi) is 8.75.